The van der Waals surface area contributed by atoms with E-state index in [-0.39, 0.29) is 5.57 Å². The van der Waals surface area contributed by atoms with E-state index < -0.39 is 5.91 Å². The number of hydrogen-bond acceptors (Lipinski definition) is 4. The Bertz CT molecular complexity index is 846. The minimum absolute atomic E-state index is 0.0583. The molecule has 2 rings (SSSR count). The summed E-state index contributed by atoms with van der Waals surface area (Å²) >= 11 is 9.33. The molecule has 2 aromatic rings. The van der Waals surface area contributed by atoms with Gasteiger partial charge in [0.15, 0.2) is 0 Å². The Morgan fingerprint density at radius 1 is 1.36 bits per heavy atom. The molecule has 0 aliphatic heterocycles. The molecule has 0 heterocycles. The van der Waals surface area contributed by atoms with Crippen LogP contribution in [0.1, 0.15) is 5.56 Å². The summed E-state index contributed by atoms with van der Waals surface area (Å²) < 4.78 is 6.13. The standard InChI is InChI=1S/C18H15BrClN3O2/c1-25-17-6-5-15(20)8-16(17)23-18(24)13(9-21)11-22-10-12-3-2-4-14(19)7-12/h2-8,11,22H,10H2,1H3,(H,23,24)/b13-11-. The highest BCUT2D eigenvalue weighted by atomic mass is 79.9. The van der Waals surface area contributed by atoms with Crippen molar-refractivity contribution in [2.45, 2.75) is 6.54 Å². The molecule has 0 unspecified atom stereocenters. The predicted octanol–water partition coefficient (Wildman–Crippen LogP) is 4.25. The van der Waals surface area contributed by atoms with Gasteiger partial charge in [-0.15, -0.1) is 0 Å². The molecule has 5 nitrogen and oxygen atoms in total. The van der Waals surface area contributed by atoms with Crippen LogP contribution in [-0.4, -0.2) is 13.0 Å². The van der Waals surface area contributed by atoms with Gasteiger partial charge in [0.1, 0.15) is 17.4 Å². The van der Waals surface area contributed by atoms with E-state index in [2.05, 4.69) is 26.6 Å². The Kier molecular flexibility index (Phi) is 6.87. The molecule has 0 saturated carbocycles. The molecule has 2 aromatic carbocycles. The molecule has 0 bridgehead atoms. The summed E-state index contributed by atoms with van der Waals surface area (Å²) in [4.78, 5) is 12.3. The second-order valence-corrected chi connectivity index (χ2v) is 6.33. The summed E-state index contributed by atoms with van der Waals surface area (Å²) in [6.07, 6.45) is 1.38. The molecule has 0 aliphatic carbocycles. The molecule has 1 amide bonds. The van der Waals surface area contributed by atoms with Crippen LogP contribution in [0.3, 0.4) is 0 Å². The third-order valence-electron chi connectivity index (χ3n) is 3.22. The fourth-order valence-electron chi connectivity index (χ4n) is 2.03. The summed E-state index contributed by atoms with van der Waals surface area (Å²) in [6.45, 7) is 0.485. The van der Waals surface area contributed by atoms with Gasteiger partial charge >= 0.3 is 0 Å². The van der Waals surface area contributed by atoms with Gasteiger partial charge in [-0.3, -0.25) is 4.79 Å². The lowest BCUT2D eigenvalue weighted by atomic mass is 10.2. The predicted molar refractivity (Wildman–Crippen MR) is 101 cm³/mol. The summed E-state index contributed by atoms with van der Waals surface area (Å²) in [5, 5.41) is 15.3. The van der Waals surface area contributed by atoms with Gasteiger partial charge in [0.2, 0.25) is 0 Å². The number of methoxy groups -OCH3 is 1. The number of nitrogens with zero attached hydrogens (tertiary/aromatic N) is 1. The maximum atomic E-state index is 12.3. The van der Waals surface area contributed by atoms with E-state index in [9.17, 15) is 10.1 Å². The zero-order chi connectivity index (χ0) is 18.2. The Balaban J connectivity index is 2.06. The van der Waals surface area contributed by atoms with Crippen molar-refractivity contribution in [3.63, 3.8) is 0 Å². The van der Waals surface area contributed by atoms with Crippen molar-refractivity contribution < 1.29 is 9.53 Å². The normalized spacial score (nSPS) is 10.7. The monoisotopic (exact) mass is 419 g/mol. The number of benzene rings is 2. The van der Waals surface area contributed by atoms with Crippen LogP contribution in [0.4, 0.5) is 5.69 Å². The first-order valence-corrected chi connectivity index (χ1v) is 8.43. The highest BCUT2D eigenvalue weighted by molar-refractivity contribution is 9.10. The molecule has 25 heavy (non-hydrogen) atoms. The molecule has 0 aromatic heterocycles. The van der Waals surface area contributed by atoms with E-state index in [1.165, 1.54) is 13.3 Å². The van der Waals surface area contributed by atoms with Gasteiger partial charge in [-0.1, -0.05) is 39.7 Å². The highest BCUT2D eigenvalue weighted by Crippen LogP contribution is 2.27. The number of amides is 1. The van der Waals surface area contributed by atoms with Crippen molar-refractivity contribution in [3.05, 3.63) is 69.3 Å². The van der Waals surface area contributed by atoms with Gasteiger partial charge in [-0.25, -0.2) is 0 Å². The SMILES string of the molecule is COc1ccc(Cl)cc1NC(=O)/C(C#N)=C\NCc1cccc(Br)c1. The lowest BCUT2D eigenvalue weighted by Gasteiger charge is -2.10. The first-order valence-electron chi connectivity index (χ1n) is 7.26. The van der Waals surface area contributed by atoms with Crippen molar-refractivity contribution in [3.8, 4) is 11.8 Å². The van der Waals surface area contributed by atoms with Crippen LogP contribution in [-0.2, 0) is 11.3 Å². The average Bonchev–Trinajstić information content (AvgIpc) is 2.59. The molecule has 7 heteroatoms. The van der Waals surface area contributed by atoms with Gasteiger partial charge in [-0.2, -0.15) is 5.26 Å². The number of rotatable bonds is 6. The molecule has 0 fully saturated rings. The topological polar surface area (TPSA) is 74.1 Å². The minimum atomic E-state index is -0.551. The van der Waals surface area contributed by atoms with Crippen LogP contribution in [0.15, 0.2) is 58.7 Å². The van der Waals surface area contributed by atoms with E-state index in [1.54, 1.807) is 18.2 Å². The molecule has 128 valence electrons. The Morgan fingerprint density at radius 3 is 2.84 bits per heavy atom. The van der Waals surface area contributed by atoms with Crippen molar-refractivity contribution in [1.82, 2.24) is 5.32 Å². The van der Waals surface area contributed by atoms with E-state index >= 15 is 0 Å². The van der Waals surface area contributed by atoms with Gasteiger partial charge in [0, 0.05) is 22.2 Å². The molecule has 0 spiro atoms. The third-order valence-corrected chi connectivity index (χ3v) is 3.94. The van der Waals surface area contributed by atoms with Crippen molar-refractivity contribution >= 4 is 39.1 Å². The molecule has 0 saturated heterocycles. The highest BCUT2D eigenvalue weighted by Gasteiger charge is 2.12. The number of ether oxygens (including phenoxy) is 1. The molecular weight excluding hydrogens is 406 g/mol. The number of nitriles is 1. The first-order chi connectivity index (χ1) is 12.0. The second-order valence-electron chi connectivity index (χ2n) is 4.98. The molecule has 0 aliphatic rings. The third kappa shape index (κ3) is 5.52. The maximum absolute atomic E-state index is 12.3. The largest absolute Gasteiger partial charge is 0.495 e. The smallest absolute Gasteiger partial charge is 0.267 e. The number of carbonyl (C=O) groups is 1. The Labute approximate surface area is 159 Å². The fourth-order valence-corrected chi connectivity index (χ4v) is 2.65. The molecule has 2 N–H and O–H groups in total. The second kappa shape index (κ2) is 9.11. The fraction of sp³-hybridized carbons (Fsp3) is 0.111. The number of halogens is 2. The van der Waals surface area contributed by atoms with Crippen LogP contribution in [0.25, 0.3) is 0 Å². The first kappa shape index (κ1) is 18.8. The zero-order valence-corrected chi connectivity index (χ0v) is 15.7. The summed E-state index contributed by atoms with van der Waals surface area (Å²) in [5.41, 5.74) is 1.35. The maximum Gasteiger partial charge on any atom is 0.267 e. The van der Waals surface area contributed by atoms with E-state index in [0.717, 1.165) is 10.0 Å². The summed E-state index contributed by atoms with van der Waals surface area (Å²) in [7, 11) is 1.49. The Morgan fingerprint density at radius 2 is 2.16 bits per heavy atom. The van der Waals surface area contributed by atoms with Crippen molar-refractivity contribution in [2.24, 2.45) is 0 Å². The van der Waals surface area contributed by atoms with Crippen LogP contribution >= 0.6 is 27.5 Å². The van der Waals surface area contributed by atoms with Crippen LogP contribution < -0.4 is 15.4 Å². The lowest BCUT2D eigenvalue weighted by molar-refractivity contribution is -0.112. The quantitative estimate of drug-likeness (QED) is 0.541. The molecule has 0 atom stereocenters. The van der Waals surface area contributed by atoms with E-state index in [1.807, 2.05) is 30.3 Å². The van der Waals surface area contributed by atoms with Crippen molar-refractivity contribution in [1.29, 1.82) is 5.26 Å². The molecular formula is C18H15BrClN3O2. The zero-order valence-electron chi connectivity index (χ0n) is 13.3. The average molecular weight is 421 g/mol. The number of carbonyl (C=O) groups excluding carboxylic acids is 1. The van der Waals surface area contributed by atoms with E-state index in [0.29, 0.717) is 23.0 Å². The summed E-state index contributed by atoms with van der Waals surface area (Å²) in [6, 6.07) is 14.4. The number of anilines is 1. The summed E-state index contributed by atoms with van der Waals surface area (Å²) in [5.74, 6) is -0.0954. The minimum Gasteiger partial charge on any atom is -0.495 e. The Hall–Kier alpha value is -2.49. The van der Waals surface area contributed by atoms with Gasteiger partial charge in [-0.05, 0) is 35.9 Å². The van der Waals surface area contributed by atoms with Crippen LogP contribution in [0.2, 0.25) is 5.02 Å². The lowest BCUT2D eigenvalue weighted by Crippen LogP contribution is -2.17. The van der Waals surface area contributed by atoms with Crippen LogP contribution in [0.5, 0.6) is 5.75 Å². The van der Waals surface area contributed by atoms with Crippen molar-refractivity contribution in [2.75, 3.05) is 12.4 Å². The van der Waals surface area contributed by atoms with E-state index in [4.69, 9.17) is 16.3 Å². The van der Waals surface area contributed by atoms with Gasteiger partial charge < -0.3 is 15.4 Å². The number of nitrogens with one attached hydrogen (secondary N) is 2. The van der Waals surface area contributed by atoms with Crippen LogP contribution in [0, 0.1) is 11.3 Å². The van der Waals surface area contributed by atoms with Gasteiger partial charge in [0.05, 0.1) is 12.8 Å². The number of hydrogen-bond donors (Lipinski definition) is 2. The molecule has 0 radical (unpaired) electrons. The van der Waals surface area contributed by atoms with Gasteiger partial charge in [0.25, 0.3) is 5.91 Å².